The number of pyridine rings is 1. The molecular formula is C28H38N2O3. The second-order valence-electron chi connectivity index (χ2n) is 8.68. The molecule has 33 heavy (non-hydrogen) atoms. The van der Waals surface area contributed by atoms with Crippen molar-refractivity contribution in [1.82, 2.24) is 4.57 Å². The lowest BCUT2D eigenvalue weighted by Crippen LogP contribution is -2.21. The number of fused-ring (bicyclic) bond motifs is 1. The molecule has 5 nitrogen and oxygen atoms in total. The topological polar surface area (TPSA) is 63.5 Å². The van der Waals surface area contributed by atoms with Crippen molar-refractivity contribution in [3.63, 3.8) is 0 Å². The molecule has 0 saturated carbocycles. The van der Waals surface area contributed by atoms with Crippen molar-refractivity contribution in [3.8, 4) is 11.5 Å². The van der Waals surface area contributed by atoms with Crippen molar-refractivity contribution in [1.29, 1.82) is 0 Å². The predicted molar refractivity (Wildman–Crippen MR) is 137 cm³/mol. The number of hydrogen-bond acceptors (Lipinski definition) is 4. The molecule has 3 rings (SSSR count). The molecule has 5 heteroatoms. The van der Waals surface area contributed by atoms with Gasteiger partial charge in [-0.25, -0.2) is 0 Å². The maximum atomic E-state index is 13.1. The lowest BCUT2D eigenvalue weighted by molar-refractivity contribution is 0.293. The summed E-state index contributed by atoms with van der Waals surface area (Å²) in [6, 6.07) is 16.2. The van der Waals surface area contributed by atoms with Gasteiger partial charge in [-0.2, -0.15) is 0 Å². The lowest BCUT2D eigenvalue weighted by atomic mass is 10.1. The molecule has 0 radical (unpaired) electrons. The Morgan fingerprint density at radius 2 is 1.64 bits per heavy atom. The third kappa shape index (κ3) is 6.77. The maximum absolute atomic E-state index is 13.1. The number of aryl methyl sites for hydroxylation is 1. The molecule has 2 aromatic carbocycles. The molecule has 3 aromatic rings. The molecule has 0 spiro atoms. The first-order valence-electron chi connectivity index (χ1n) is 12.5. The molecule has 0 amide bonds. The molecule has 2 N–H and O–H groups in total. The fourth-order valence-electron chi connectivity index (χ4n) is 4.06. The van der Waals surface area contributed by atoms with Gasteiger partial charge < -0.3 is 19.7 Å². The highest BCUT2D eigenvalue weighted by molar-refractivity contribution is 5.90. The van der Waals surface area contributed by atoms with Crippen molar-refractivity contribution in [2.45, 2.75) is 78.3 Å². The van der Waals surface area contributed by atoms with Crippen molar-refractivity contribution in [3.05, 3.63) is 64.4 Å². The van der Waals surface area contributed by atoms with Crippen LogP contribution in [-0.2, 0) is 13.1 Å². The Morgan fingerprint density at radius 3 is 2.39 bits per heavy atom. The summed E-state index contributed by atoms with van der Waals surface area (Å²) in [5.74, 6) is 0.0202. The summed E-state index contributed by atoms with van der Waals surface area (Å²) < 4.78 is 7.59. The van der Waals surface area contributed by atoms with Crippen LogP contribution in [0.15, 0.2) is 53.3 Å². The van der Waals surface area contributed by atoms with Gasteiger partial charge in [0.15, 0.2) is 5.75 Å². The van der Waals surface area contributed by atoms with Gasteiger partial charge in [0.2, 0.25) is 5.75 Å². The van der Waals surface area contributed by atoms with E-state index in [0.717, 1.165) is 42.3 Å². The number of rotatable bonds is 14. The number of aromatic nitrogens is 1. The molecule has 0 unspecified atom stereocenters. The second-order valence-corrected chi connectivity index (χ2v) is 8.68. The minimum absolute atomic E-state index is 0.283. The second kappa shape index (κ2) is 12.9. The van der Waals surface area contributed by atoms with Gasteiger partial charge in [-0.1, -0.05) is 82.7 Å². The number of unbranched alkanes of at least 4 members (excludes halogenated alkanes) is 6. The number of nitrogens with zero attached hydrogens (tertiary/aromatic N) is 1. The maximum Gasteiger partial charge on any atom is 0.297 e. The fourth-order valence-corrected chi connectivity index (χ4v) is 4.06. The minimum Gasteiger partial charge on any atom is -0.500 e. The van der Waals surface area contributed by atoms with Crippen LogP contribution in [0.4, 0.5) is 5.69 Å². The summed E-state index contributed by atoms with van der Waals surface area (Å²) in [7, 11) is 0. The number of anilines is 1. The molecule has 0 atom stereocenters. The summed E-state index contributed by atoms with van der Waals surface area (Å²) in [5.41, 5.74) is 2.56. The Hall–Kier alpha value is -2.95. The highest BCUT2D eigenvalue weighted by Crippen LogP contribution is 2.34. The van der Waals surface area contributed by atoms with Gasteiger partial charge >= 0.3 is 0 Å². The Balaban J connectivity index is 1.88. The zero-order valence-electron chi connectivity index (χ0n) is 20.1. The van der Waals surface area contributed by atoms with E-state index in [1.165, 1.54) is 31.2 Å². The highest BCUT2D eigenvalue weighted by atomic mass is 16.5. The number of aromatic hydroxyl groups is 1. The average Bonchev–Trinajstić information content (AvgIpc) is 2.84. The van der Waals surface area contributed by atoms with E-state index >= 15 is 0 Å². The van der Waals surface area contributed by atoms with E-state index in [2.05, 4.69) is 31.3 Å². The first-order chi connectivity index (χ1) is 16.2. The van der Waals surface area contributed by atoms with E-state index in [0.29, 0.717) is 25.4 Å². The van der Waals surface area contributed by atoms with Crippen LogP contribution in [0.3, 0.4) is 0 Å². The van der Waals surface area contributed by atoms with Gasteiger partial charge in [0.05, 0.1) is 12.1 Å². The van der Waals surface area contributed by atoms with Crippen LogP contribution in [0.5, 0.6) is 11.5 Å². The molecular weight excluding hydrogens is 412 g/mol. The van der Waals surface area contributed by atoms with E-state index in [-0.39, 0.29) is 11.3 Å². The summed E-state index contributed by atoms with van der Waals surface area (Å²) in [6.07, 6.45) is 8.73. The van der Waals surface area contributed by atoms with Crippen molar-refractivity contribution < 1.29 is 9.84 Å². The first kappa shape index (κ1) is 24.7. The zero-order valence-corrected chi connectivity index (χ0v) is 20.1. The number of ether oxygens (including phenoxy) is 1. The fraction of sp³-hybridized carbons (Fsp3) is 0.464. The number of hydrogen-bond donors (Lipinski definition) is 2. The lowest BCUT2D eigenvalue weighted by Gasteiger charge is -2.17. The van der Waals surface area contributed by atoms with Crippen LogP contribution in [-0.4, -0.2) is 16.3 Å². The zero-order chi connectivity index (χ0) is 23.5. The molecule has 0 saturated heterocycles. The van der Waals surface area contributed by atoms with Crippen molar-refractivity contribution >= 4 is 16.6 Å². The van der Waals surface area contributed by atoms with E-state index in [1.807, 2.05) is 36.4 Å². The van der Waals surface area contributed by atoms with E-state index in [4.69, 9.17) is 4.74 Å². The average molecular weight is 451 g/mol. The Labute approximate surface area is 197 Å². The van der Waals surface area contributed by atoms with E-state index in [1.54, 1.807) is 4.57 Å². The van der Waals surface area contributed by atoms with Gasteiger partial charge in [-0.15, -0.1) is 0 Å². The van der Waals surface area contributed by atoms with Crippen LogP contribution in [0.2, 0.25) is 0 Å². The van der Waals surface area contributed by atoms with E-state index < -0.39 is 0 Å². The van der Waals surface area contributed by atoms with Crippen LogP contribution in [0, 0.1) is 0 Å². The molecule has 0 aliphatic rings. The summed E-state index contributed by atoms with van der Waals surface area (Å²) in [5, 5.41) is 14.9. The minimum atomic E-state index is -0.372. The van der Waals surface area contributed by atoms with Crippen molar-refractivity contribution in [2.24, 2.45) is 0 Å². The van der Waals surface area contributed by atoms with Crippen LogP contribution < -0.4 is 15.6 Å². The Bertz CT molecular complexity index is 1060. The predicted octanol–water partition coefficient (Wildman–Crippen LogP) is 6.86. The molecule has 0 aliphatic carbocycles. The van der Waals surface area contributed by atoms with Crippen LogP contribution in [0.1, 0.15) is 70.8 Å². The van der Waals surface area contributed by atoms with Gasteiger partial charge in [0, 0.05) is 24.2 Å². The molecule has 178 valence electrons. The van der Waals surface area contributed by atoms with E-state index in [9.17, 15) is 9.90 Å². The number of nitrogens with one attached hydrogen (secondary N) is 1. The van der Waals surface area contributed by atoms with Crippen molar-refractivity contribution in [2.75, 3.05) is 11.9 Å². The highest BCUT2D eigenvalue weighted by Gasteiger charge is 2.18. The van der Waals surface area contributed by atoms with Crippen LogP contribution in [0.25, 0.3) is 10.9 Å². The summed E-state index contributed by atoms with van der Waals surface area (Å²) >= 11 is 0. The SMILES string of the molecule is CCCCCCCCn1c(=O)c(O)c(OCCCC)c2ccc(NCc3ccccc3)cc21. The van der Waals surface area contributed by atoms with Gasteiger partial charge in [0.25, 0.3) is 5.56 Å². The third-order valence-electron chi connectivity index (χ3n) is 6.01. The van der Waals surface area contributed by atoms with Crippen LogP contribution >= 0.6 is 0 Å². The molecule has 0 bridgehead atoms. The normalized spacial score (nSPS) is 11.1. The first-order valence-corrected chi connectivity index (χ1v) is 12.5. The standard InChI is InChI=1S/C28H38N2O3/c1-3-5-7-8-9-13-18-30-25-20-23(29-21-22-14-11-10-12-15-22)16-17-24(25)27(26(31)28(30)32)33-19-6-4-2/h10-12,14-17,20,29,31H,3-9,13,18-19,21H2,1-2H3. The summed E-state index contributed by atoms with van der Waals surface area (Å²) in [4.78, 5) is 13.1. The monoisotopic (exact) mass is 450 g/mol. The quantitative estimate of drug-likeness (QED) is 0.263. The smallest absolute Gasteiger partial charge is 0.297 e. The number of benzene rings is 2. The summed E-state index contributed by atoms with van der Waals surface area (Å²) in [6.45, 7) is 6.07. The van der Waals surface area contributed by atoms with Gasteiger partial charge in [-0.3, -0.25) is 4.79 Å². The van der Waals surface area contributed by atoms with Gasteiger partial charge in [0.1, 0.15) is 0 Å². The molecule has 0 aliphatic heterocycles. The largest absolute Gasteiger partial charge is 0.500 e. The molecule has 1 heterocycles. The Kier molecular flexibility index (Phi) is 9.67. The molecule has 0 fully saturated rings. The molecule has 1 aromatic heterocycles. The van der Waals surface area contributed by atoms with Gasteiger partial charge in [-0.05, 0) is 36.6 Å². The third-order valence-corrected chi connectivity index (χ3v) is 6.01. The Morgan fingerprint density at radius 1 is 0.909 bits per heavy atom.